The molecule has 0 aliphatic rings. The fraction of sp³-hybridized carbons (Fsp3) is 0. The summed E-state index contributed by atoms with van der Waals surface area (Å²) in [5, 5.41) is 0. The molecule has 0 bridgehead atoms. The molecular weight excluding hydrogens is 337 g/mol. The smallest absolute Gasteiger partial charge is 0.286 e. The average molecular weight is 353 g/mol. The van der Waals surface area contributed by atoms with Gasteiger partial charge in [-0.1, -0.05) is 0 Å². The Morgan fingerprint density at radius 2 is 0.733 bits per heavy atom. The maximum Gasteiger partial charge on any atom is 0.286 e. The Labute approximate surface area is 110 Å². The monoisotopic (exact) mass is 352 g/mol. The van der Waals surface area contributed by atoms with Crippen molar-refractivity contribution >= 4 is 81.0 Å². The Morgan fingerprint density at radius 3 is 1.00 bits per heavy atom. The molecule has 0 atom stereocenters. The summed E-state index contributed by atoms with van der Waals surface area (Å²) in [7, 11) is -1.98. The first-order valence-corrected chi connectivity index (χ1v) is 12.1. The van der Waals surface area contributed by atoms with Gasteiger partial charge in [0.25, 0.3) is 60.0 Å². The van der Waals surface area contributed by atoms with Crippen molar-refractivity contribution in [3.05, 3.63) is 0 Å². The molecule has 0 amide bonds. The van der Waals surface area contributed by atoms with Crippen molar-refractivity contribution in [1.29, 1.82) is 0 Å². The lowest BCUT2D eigenvalue weighted by molar-refractivity contribution is 0.373. The highest BCUT2D eigenvalue weighted by Gasteiger charge is 1.93. The van der Waals surface area contributed by atoms with Crippen LogP contribution in [0.25, 0.3) is 0 Å². The molecule has 0 rings (SSSR count). The molecule has 15 heteroatoms. The van der Waals surface area contributed by atoms with Crippen molar-refractivity contribution in [1.82, 2.24) is 0 Å². The fourth-order valence-corrected chi connectivity index (χ4v) is 11.1. The van der Waals surface area contributed by atoms with Gasteiger partial charge >= 0.3 is 0 Å². The molecule has 0 saturated carbocycles. The lowest BCUT2D eigenvalue weighted by Crippen LogP contribution is -2.19. The maximum absolute atomic E-state index is 5.29. The van der Waals surface area contributed by atoms with Gasteiger partial charge in [0.2, 0.25) is 0 Å². The third kappa shape index (κ3) is 15.5. The largest absolute Gasteiger partial charge is 0.447 e. The van der Waals surface area contributed by atoms with Gasteiger partial charge in [-0.25, -0.2) is 0 Å². The quantitative estimate of drug-likeness (QED) is 0.255. The zero-order chi connectivity index (χ0) is 11.2. The van der Waals surface area contributed by atoms with Crippen LogP contribution in [0.15, 0.2) is 0 Å². The van der Waals surface area contributed by atoms with Gasteiger partial charge in [0.05, 0.1) is 0 Å². The van der Waals surface area contributed by atoms with Crippen LogP contribution in [0.4, 0.5) is 0 Å². The summed E-state index contributed by atoms with van der Waals surface area (Å²) in [6, 6.07) is 0. The summed E-state index contributed by atoms with van der Waals surface area (Å²) < 4.78 is 35.9. The van der Waals surface area contributed by atoms with Gasteiger partial charge in [0.1, 0.15) is 0 Å². The van der Waals surface area contributed by atoms with Crippen LogP contribution in [0.1, 0.15) is 0 Å². The second-order valence-corrected chi connectivity index (χ2v) is 15.0. The standard InChI is InChI=1S/H16O7Si8/c8-1-10-3-12-5-14-7-15-6-13-4-11-2-9/h8-15H2. The number of hydrogen-bond acceptors (Lipinski definition) is 7. The lowest BCUT2D eigenvalue weighted by Gasteiger charge is -2.06. The Hall–Kier alpha value is 1.46. The second-order valence-electron chi connectivity index (χ2n) is 2.14. The minimum absolute atomic E-state index is 0.758. The van der Waals surface area contributed by atoms with E-state index in [1.807, 2.05) is 0 Å². The van der Waals surface area contributed by atoms with Crippen LogP contribution in [0.3, 0.4) is 0 Å². The van der Waals surface area contributed by atoms with E-state index in [4.69, 9.17) is 28.8 Å². The zero-order valence-electron chi connectivity index (χ0n) is 8.51. The molecule has 15 heavy (non-hydrogen) atoms. The molecule has 90 valence electrons. The summed E-state index contributed by atoms with van der Waals surface area (Å²) >= 11 is 0. The molecule has 0 unspecified atom stereocenters. The van der Waals surface area contributed by atoms with Crippen LogP contribution in [0.5, 0.6) is 0 Å². The predicted octanol–water partition coefficient (Wildman–Crippen LogP) is -7.81. The van der Waals surface area contributed by atoms with Crippen molar-refractivity contribution in [2.45, 2.75) is 0 Å². The highest BCUT2D eigenvalue weighted by atomic mass is 28.4. The van der Waals surface area contributed by atoms with Crippen LogP contribution >= 0.6 is 0 Å². The normalized spacial score (nSPS) is 15.6. The van der Waals surface area contributed by atoms with E-state index in [9.17, 15) is 0 Å². The minimum atomic E-state index is -0.866. The molecule has 0 saturated heterocycles. The molecule has 0 heterocycles. The Balaban J connectivity index is 2.81. The predicted molar refractivity (Wildman–Crippen MR) is 75.9 cm³/mol. The Morgan fingerprint density at radius 1 is 0.467 bits per heavy atom. The van der Waals surface area contributed by atoms with Crippen LogP contribution in [0.2, 0.25) is 0 Å². The highest BCUT2D eigenvalue weighted by Crippen LogP contribution is 1.75. The zero-order valence-corrected chi connectivity index (χ0v) is 19.8. The van der Waals surface area contributed by atoms with E-state index in [1.165, 1.54) is 21.0 Å². The summed E-state index contributed by atoms with van der Waals surface area (Å²) in [5.74, 6) is 0. The lowest BCUT2D eigenvalue weighted by atomic mass is 15.7. The maximum atomic E-state index is 5.29. The number of rotatable bonds is 12. The van der Waals surface area contributed by atoms with Crippen LogP contribution in [-0.2, 0) is 28.8 Å². The average Bonchev–Trinajstić information content (AvgIpc) is 2.26. The highest BCUT2D eigenvalue weighted by molar-refractivity contribution is 6.48. The molecule has 0 spiro atoms. The number of hydrogen-bond donors (Lipinski definition) is 0. The SMILES string of the molecule is [SiH2]O[SiH2]O[SiH2]O[SiH2]O[SiH2]O[SiH2]O[SiH2]O[SiH2]. The van der Waals surface area contributed by atoms with E-state index < -0.39 is 60.0 Å². The summed E-state index contributed by atoms with van der Waals surface area (Å²) in [5.41, 5.74) is 0. The van der Waals surface area contributed by atoms with Gasteiger partial charge in [0.15, 0.2) is 21.0 Å². The van der Waals surface area contributed by atoms with Crippen molar-refractivity contribution in [2.24, 2.45) is 0 Å². The minimum Gasteiger partial charge on any atom is -0.447 e. The summed E-state index contributed by atoms with van der Waals surface area (Å²) in [6.45, 7) is 0. The van der Waals surface area contributed by atoms with Gasteiger partial charge in [-0.2, -0.15) is 0 Å². The first kappa shape index (κ1) is 16.5. The molecule has 0 aromatic heterocycles. The molecule has 0 aromatic carbocycles. The van der Waals surface area contributed by atoms with E-state index in [0.717, 1.165) is 0 Å². The summed E-state index contributed by atoms with van der Waals surface area (Å²) in [6.07, 6.45) is 0. The van der Waals surface area contributed by atoms with Gasteiger partial charge in [-0.15, -0.1) is 0 Å². The van der Waals surface area contributed by atoms with Gasteiger partial charge in [-0.3, -0.25) is 0 Å². The van der Waals surface area contributed by atoms with Gasteiger partial charge in [0, 0.05) is 0 Å². The van der Waals surface area contributed by atoms with Gasteiger partial charge < -0.3 is 28.8 Å². The van der Waals surface area contributed by atoms with Crippen LogP contribution in [0, 0.1) is 0 Å². The van der Waals surface area contributed by atoms with Gasteiger partial charge in [-0.05, 0) is 0 Å². The topological polar surface area (TPSA) is 64.6 Å². The van der Waals surface area contributed by atoms with Crippen LogP contribution in [-0.4, -0.2) is 81.0 Å². The third-order valence-electron chi connectivity index (χ3n) is 1.00. The van der Waals surface area contributed by atoms with E-state index >= 15 is 0 Å². The molecule has 0 aromatic rings. The molecule has 7 nitrogen and oxygen atoms in total. The molecule has 0 fully saturated rings. The first-order chi connectivity index (χ1) is 7.41. The third-order valence-corrected chi connectivity index (χ3v) is 9.00. The van der Waals surface area contributed by atoms with E-state index in [2.05, 4.69) is 0 Å². The molecular formula is H16O7Si8. The Kier molecular flexibility index (Phi) is 17.0. The van der Waals surface area contributed by atoms with Crippen molar-refractivity contribution < 1.29 is 28.8 Å². The molecule has 0 N–H and O–H groups in total. The van der Waals surface area contributed by atoms with Crippen LogP contribution < -0.4 is 0 Å². The molecule has 0 aliphatic heterocycles. The Bertz CT molecular complexity index is 99.2. The second kappa shape index (κ2) is 15.5. The fourth-order valence-electron chi connectivity index (χ4n) is 0.524. The molecule has 0 aliphatic carbocycles. The van der Waals surface area contributed by atoms with E-state index in [1.54, 1.807) is 0 Å². The van der Waals surface area contributed by atoms with E-state index in [-0.39, 0.29) is 0 Å². The van der Waals surface area contributed by atoms with Crippen molar-refractivity contribution in [3.8, 4) is 0 Å². The van der Waals surface area contributed by atoms with Crippen molar-refractivity contribution in [3.63, 3.8) is 0 Å². The first-order valence-electron chi connectivity index (χ1n) is 4.04. The summed E-state index contributed by atoms with van der Waals surface area (Å²) in [4.78, 5) is 0. The molecule has 2 radical (unpaired) electrons. The van der Waals surface area contributed by atoms with E-state index in [0.29, 0.717) is 0 Å². The van der Waals surface area contributed by atoms with Crippen molar-refractivity contribution in [2.75, 3.05) is 0 Å².